The lowest BCUT2D eigenvalue weighted by molar-refractivity contribution is -0.394. The van der Waals surface area contributed by atoms with Crippen LogP contribution in [-0.4, -0.2) is 39.7 Å². The zero-order valence-electron chi connectivity index (χ0n) is 16.8. The summed E-state index contributed by atoms with van der Waals surface area (Å²) >= 11 is 0. The number of likely N-dealkylation sites (N-methyl/N-ethyl adjacent to an activating group) is 1. The maximum atomic E-state index is 13.1. The summed E-state index contributed by atoms with van der Waals surface area (Å²) in [6.07, 6.45) is -4.72. The first-order valence-electron chi connectivity index (χ1n) is 9.05. The molecule has 0 aliphatic heterocycles. The summed E-state index contributed by atoms with van der Waals surface area (Å²) in [4.78, 5) is 46.7. The molecule has 2 amide bonds. The molecule has 0 aromatic heterocycles. The molecule has 0 saturated heterocycles. The van der Waals surface area contributed by atoms with Crippen molar-refractivity contribution in [2.45, 2.75) is 20.0 Å². The van der Waals surface area contributed by atoms with E-state index in [1.165, 1.54) is 19.9 Å². The Hall–Kier alpha value is -4.03. The van der Waals surface area contributed by atoms with Gasteiger partial charge in [-0.25, -0.2) is 0 Å². The zero-order chi connectivity index (χ0) is 24.2. The van der Waals surface area contributed by atoms with Crippen molar-refractivity contribution in [3.63, 3.8) is 0 Å². The molecule has 0 bridgehead atoms. The van der Waals surface area contributed by atoms with Crippen LogP contribution in [0.1, 0.15) is 28.4 Å². The Morgan fingerprint density at radius 2 is 1.72 bits per heavy atom. The smallest absolute Gasteiger partial charge is 0.330 e. The Morgan fingerprint density at radius 1 is 1.09 bits per heavy atom. The van der Waals surface area contributed by atoms with E-state index >= 15 is 0 Å². The minimum absolute atomic E-state index is 0.0941. The molecule has 0 heterocycles. The number of anilines is 1. The van der Waals surface area contributed by atoms with Crippen LogP contribution >= 0.6 is 0 Å². The molecule has 170 valence electrons. The fraction of sp³-hybridized carbons (Fsp3) is 0.263. The van der Waals surface area contributed by atoms with Crippen LogP contribution in [0.2, 0.25) is 0 Å². The maximum Gasteiger partial charge on any atom is 0.418 e. The highest BCUT2D eigenvalue weighted by atomic mass is 19.4. The van der Waals surface area contributed by atoms with Crippen molar-refractivity contribution in [2.75, 3.05) is 18.4 Å². The lowest BCUT2D eigenvalue weighted by Gasteiger charge is -2.22. The standard InChI is InChI=1S/C19H17F3N4O6/c1-3-24(10-17(27)23-15-7-5-4-6-14(15)19(20,21)22)18(28)13-8-12(25(29)30)9-16(11(13)2)26(31)32/h4-9H,3,10H2,1-2H3,(H,23,27). The molecule has 0 unspecified atom stereocenters. The van der Waals surface area contributed by atoms with E-state index in [9.17, 15) is 43.0 Å². The maximum absolute atomic E-state index is 13.1. The Balaban J connectivity index is 2.33. The minimum atomic E-state index is -4.72. The van der Waals surface area contributed by atoms with Gasteiger partial charge in [0.25, 0.3) is 17.3 Å². The molecular weight excluding hydrogens is 437 g/mol. The second-order valence-electron chi connectivity index (χ2n) is 6.56. The van der Waals surface area contributed by atoms with Crippen LogP contribution in [0.5, 0.6) is 0 Å². The molecule has 0 saturated carbocycles. The van der Waals surface area contributed by atoms with Crippen LogP contribution in [0.15, 0.2) is 36.4 Å². The second kappa shape index (κ2) is 9.41. The number of nitrogens with zero attached hydrogens (tertiary/aromatic N) is 3. The Morgan fingerprint density at radius 3 is 2.25 bits per heavy atom. The minimum Gasteiger partial charge on any atom is -0.330 e. The molecule has 10 nitrogen and oxygen atoms in total. The number of non-ortho nitro benzene ring substituents is 1. The molecule has 2 aromatic rings. The summed E-state index contributed by atoms with van der Waals surface area (Å²) < 4.78 is 39.3. The number of hydrogen-bond donors (Lipinski definition) is 1. The summed E-state index contributed by atoms with van der Waals surface area (Å²) in [5.41, 5.74) is -3.43. The molecule has 13 heteroatoms. The van der Waals surface area contributed by atoms with E-state index < -0.39 is 57.0 Å². The number of benzene rings is 2. The molecular formula is C19H17F3N4O6. The lowest BCUT2D eigenvalue weighted by atomic mass is 10.0. The van der Waals surface area contributed by atoms with Gasteiger partial charge in [-0.15, -0.1) is 0 Å². The van der Waals surface area contributed by atoms with Crippen LogP contribution in [0.4, 0.5) is 30.2 Å². The summed E-state index contributed by atoms with van der Waals surface area (Å²) in [6, 6.07) is 5.84. The van der Waals surface area contributed by atoms with Crippen molar-refractivity contribution in [2.24, 2.45) is 0 Å². The molecule has 1 N–H and O–H groups in total. The second-order valence-corrected chi connectivity index (χ2v) is 6.56. The number of nitrogens with one attached hydrogen (secondary N) is 1. The third-order valence-corrected chi connectivity index (χ3v) is 4.51. The average molecular weight is 454 g/mol. The Kier molecular flexibility index (Phi) is 7.13. The van der Waals surface area contributed by atoms with Crippen molar-refractivity contribution < 1.29 is 32.6 Å². The quantitative estimate of drug-likeness (QED) is 0.497. The van der Waals surface area contributed by atoms with Crippen LogP contribution < -0.4 is 5.32 Å². The SMILES string of the molecule is CCN(CC(=O)Nc1ccccc1C(F)(F)F)C(=O)c1cc([N+](=O)[O-])cc([N+](=O)[O-])c1C. The number of amides is 2. The number of nitro groups is 2. The van der Waals surface area contributed by atoms with E-state index in [4.69, 9.17) is 0 Å². The molecule has 0 aliphatic carbocycles. The Labute approximate surface area is 178 Å². The zero-order valence-corrected chi connectivity index (χ0v) is 16.8. The van der Waals surface area contributed by atoms with Crippen molar-refractivity contribution in [3.8, 4) is 0 Å². The van der Waals surface area contributed by atoms with Gasteiger partial charge in [-0.3, -0.25) is 29.8 Å². The number of alkyl halides is 3. The molecule has 0 spiro atoms. The van der Waals surface area contributed by atoms with Gasteiger partial charge in [-0.2, -0.15) is 13.2 Å². The van der Waals surface area contributed by atoms with E-state index in [2.05, 4.69) is 5.32 Å². The van der Waals surface area contributed by atoms with Crippen molar-refractivity contribution in [3.05, 3.63) is 73.3 Å². The number of carbonyl (C=O) groups excluding carboxylic acids is 2. The molecule has 0 radical (unpaired) electrons. The largest absolute Gasteiger partial charge is 0.418 e. The Bertz CT molecular complexity index is 1090. The van der Waals surface area contributed by atoms with E-state index in [1.807, 2.05) is 0 Å². The normalized spacial score (nSPS) is 11.0. The van der Waals surface area contributed by atoms with E-state index in [1.54, 1.807) is 0 Å². The average Bonchev–Trinajstić information content (AvgIpc) is 2.70. The molecule has 0 aliphatic rings. The number of halogens is 3. The van der Waals surface area contributed by atoms with Crippen LogP contribution in [0.3, 0.4) is 0 Å². The topological polar surface area (TPSA) is 136 Å². The van der Waals surface area contributed by atoms with Crippen molar-refractivity contribution >= 4 is 28.9 Å². The lowest BCUT2D eigenvalue weighted by Crippen LogP contribution is -2.38. The van der Waals surface area contributed by atoms with Gasteiger partial charge in [0.2, 0.25) is 5.91 Å². The molecule has 2 aromatic carbocycles. The molecule has 0 fully saturated rings. The third-order valence-electron chi connectivity index (χ3n) is 4.51. The molecule has 2 rings (SSSR count). The van der Waals surface area contributed by atoms with E-state index in [-0.39, 0.29) is 17.7 Å². The van der Waals surface area contributed by atoms with Crippen molar-refractivity contribution in [1.29, 1.82) is 0 Å². The van der Waals surface area contributed by atoms with Gasteiger partial charge in [0.1, 0.15) is 6.54 Å². The third kappa shape index (κ3) is 5.36. The van der Waals surface area contributed by atoms with Crippen LogP contribution in [-0.2, 0) is 11.0 Å². The highest BCUT2D eigenvalue weighted by Crippen LogP contribution is 2.34. The van der Waals surface area contributed by atoms with Gasteiger partial charge in [0.05, 0.1) is 32.7 Å². The number of nitro benzene ring substituents is 2. The number of rotatable bonds is 7. The van der Waals surface area contributed by atoms with E-state index in [0.717, 1.165) is 29.2 Å². The highest BCUT2D eigenvalue weighted by molar-refractivity contribution is 6.01. The van der Waals surface area contributed by atoms with Gasteiger partial charge in [0.15, 0.2) is 0 Å². The molecule has 32 heavy (non-hydrogen) atoms. The van der Waals surface area contributed by atoms with Gasteiger partial charge >= 0.3 is 6.18 Å². The van der Waals surface area contributed by atoms with Gasteiger partial charge in [-0.05, 0) is 26.0 Å². The van der Waals surface area contributed by atoms with E-state index in [0.29, 0.717) is 6.07 Å². The first kappa shape index (κ1) is 24.2. The summed E-state index contributed by atoms with van der Waals surface area (Å²) in [5, 5.41) is 24.4. The monoisotopic (exact) mass is 454 g/mol. The van der Waals surface area contributed by atoms with Crippen LogP contribution in [0.25, 0.3) is 0 Å². The van der Waals surface area contributed by atoms with Gasteiger partial charge in [0, 0.05) is 18.2 Å². The fourth-order valence-corrected chi connectivity index (χ4v) is 2.90. The fourth-order valence-electron chi connectivity index (χ4n) is 2.90. The highest BCUT2D eigenvalue weighted by Gasteiger charge is 2.34. The number of para-hydroxylation sites is 1. The summed E-state index contributed by atoms with van der Waals surface area (Å²) in [5.74, 6) is -1.87. The predicted octanol–water partition coefficient (Wildman–Crippen LogP) is 3.93. The summed E-state index contributed by atoms with van der Waals surface area (Å²) in [6.45, 7) is 1.92. The number of hydrogen-bond acceptors (Lipinski definition) is 6. The number of carbonyl (C=O) groups is 2. The summed E-state index contributed by atoms with van der Waals surface area (Å²) in [7, 11) is 0. The first-order valence-corrected chi connectivity index (χ1v) is 9.05. The molecule has 0 atom stereocenters. The van der Waals surface area contributed by atoms with Crippen LogP contribution in [0, 0.1) is 27.2 Å². The predicted molar refractivity (Wildman–Crippen MR) is 106 cm³/mol. The van der Waals surface area contributed by atoms with Crippen molar-refractivity contribution in [1.82, 2.24) is 4.90 Å². The van der Waals surface area contributed by atoms with Gasteiger partial charge in [-0.1, -0.05) is 12.1 Å². The van der Waals surface area contributed by atoms with Gasteiger partial charge < -0.3 is 10.2 Å². The first-order chi connectivity index (χ1) is 14.9.